The van der Waals surface area contributed by atoms with Crippen molar-refractivity contribution < 1.29 is 9.18 Å². The third kappa shape index (κ3) is 3.25. The number of halogens is 1. The lowest BCUT2D eigenvalue weighted by Gasteiger charge is -2.37. The van der Waals surface area contributed by atoms with Crippen LogP contribution in [0.5, 0.6) is 0 Å². The molecule has 4 heteroatoms. The van der Waals surface area contributed by atoms with Crippen LogP contribution in [0.1, 0.15) is 18.4 Å². The first-order valence-corrected chi connectivity index (χ1v) is 7.43. The van der Waals surface area contributed by atoms with Gasteiger partial charge in [0.25, 0.3) is 0 Å². The predicted molar refractivity (Wildman–Crippen MR) is 76.1 cm³/mol. The van der Waals surface area contributed by atoms with Crippen molar-refractivity contribution in [1.29, 1.82) is 0 Å². The summed E-state index contributed by atoms with van der Waals surface area (Å²) in [6.45, 7) is 4.86. The maximum absolute atomic E-state index is 12.8. The van der Waals surface area contributed by atoms with Gasteiger partial charge in [0.1, 0.15) is 5.82 Å². The Morgan fingerprint density at radius 1 is 1.20 bits per heavy atom. The zero-order chi connectivity index (χ0) is 13.9. The van der Waals surface area contributed by atoms with E-state index in [0.717, 1.165) is 25.2 Å². The predicted octanol–water partition coefficient (Wildman–Crippen LogP) is 1.72. The van der Waals surface area contributed by atoms with Crippen LogP contribution in [0.15, 0.2) is 24.3 Å². The molecule has 0 N–H and O–H groups in total. The number of benzene rings is 1. The summed E-state index contributed by atoms with van der Waals surface area (Å²) in [5.74, 6) is -0.0263. The van der Waals surface area contributed by atoms with E-state index < -0.39 is 0 Å². The van der Waals surface area contributed by atoms with Crippen molar-refractivity contribution in [3.05, 3.63) is 35.6 Å². The average molecular weight is 276 g/mol. The molecule has 2 heterocycles. The highest BCUT2D eigenvalue weighted by Gasteiger charge is 2.30. The van der Waals surface area contributed by atoms with Crippen LogP contribution in [-0.4, -0.2) is 54.3 Å². The Morgan fingerprint density at radius 3 is 2.80 bits per heavy atom. The number of nitrogens with zero attached hydrogens (tertiary/aromatic N) is 2. The van der Waals surface area contributed by atoms with E-state index in [-0.39, 0.29) is 11.6 Å². The number of ketones is 1. The van der Waals surface area contributed by atoms with Crippen molar-refractivity contribution in [3.63, 3.8) is 0 Å². The van der Waals surface area contributed by atoms with E-state index in [0.29, 0.717) is 19.0 Å². The van der Waals surface area contributed by atoms with E-state index in [1.165, 1.54) is 31.5 Å². The van der Waals surface area contributed by atoms with Crippen LogP contribution in [0.3, 0.4) is 0 Å². The fourth-order valence-electron chi connectivity index (χ4n) is 3.33. The normalized spacial score (nSPS) is 23.8. The number of fused-ring (bicyclic) bond motifs is 1. The fourth-order valence-corrected chi connectivity index (χ4v) is 3.33. The first-order valence-electron chi connectivity index (χ1n) is 7.43. The summed E-state index contributed by atoms with van der Waals surface area (Å²) in [7, 11) is 0. The van der Waals surface area contributed by atoms with Gasteiger partial charge in [-0.1, -0.05) is 12.1 Å². The van der Waals surface area contributed by atoms with E-state index in [1.807, 2.05) is 0 Å². The summed E-state index contributed by atoms with van der Waals surface area (Å²) in [6.07, 6.45) is 2.97. The summed E-state index contributed by atoms with van der Waals surface area (Å²) < 4.78 is 12.8. The van der Waals surface area contributed by atoms with E-state index in [2.05, 4.69) is 9.80 Å². The molecule has 0 spiro atoms. The van der Waals surface area contributed by atoms with Gasteiger partial charge >= 0.3 is 0 Å². The van der Waals surface area contributed by atoms with Crippen molar-refractivity contribution in [3.8, 4) is 0 Å². The zero-order valence-corrected chi connectivity index (χ0v) is 11.7. The van der Waals surface area contributed by atoms with Crippen LogP contribution < -0.4 is 0 Å². The molecule has 0 amide bonds. The Kier molecular flexibility index (Phi) is 4.13. The topological polar surface area (TPSA) is 23.6 Å². The highest BCUT2D eigenvalue weighted by atomic mass is 19.1. The van der Waals surface area contributed by atoms with Crippen LogP contribution in [0, 0.1) is 5.82 Å². The fraction of sp³-hybridized carbons (Fsp3) is 0.562. The number of hydrogen-bond acceptors (Lipinski definition) is 3. The van der Waals surface area contributed by atoms with Gasteiger partial charge in [-0.05, 0) is 37.1 Å². The van der Waals surface area contributed by atoms with E-state index in [4.69, 9.17) is 0 Å². The average Bonchev–Trinajstić information content (AvgIpc) is 2.89. The second kappa shape index (κ2) is 6.02. The number of piperazine rings is 1. The lowest BCUT2D eigenvalue weighted by Crippen LogP contribution is -2.51. The van der Waals surface area contributed by atoms with Gasteiger partial charge in [-0.25, -0.2) is 4.39 Å². The Balaban J connectivity index is 1.50. The molecule has 3 rings (SSSR count). The first-order chi connectivity index (χ1) is 9.70. The Bertz CT molecular complexity index is 474. The minimum Gasteiger partial charge on any atom is -0.298 e. The molecule has 0 radical (unpaired) electrons. The van der Waals surface area contributed by atoms with Gasteiger partial charge < -0.3 is 0 Å². The number of rotatable bonds is 4. The molecular formula is C16H21FN2O. The monoisotopic (exact) mass is 276 g/mol. The van der Waals surface area contributed by atoms with Crippen LogP contribution in [0.2, 0.25) is 0 Å². The molecule has 20 heavy (non-hydrogen) atoms. The van der Waals surface area contributed by atoms with Crippen molar-refractivity contribution in [1.82, 2.24) is 9.80 Å². The smallest absolute Gasteiger partial charge is 0.151 e. The molecule has 1 atom stereocenters. The van der Waals surface area contributed by atoms with Gasteiger partial charge in [-0.3, -0.25) is 14.6 Å². The Labute approximate surface area is 119 Å². The summed E-state index contributed by atoms with van der Waals surface area (Å²) in [5.41, 5.74) is 0.899. The van der Waals surface area contributed by atoms with E-state index >= 15 is 0 Å². The summed E-state index contributed by atoms with van der Waals surface area (Å²) in [5, 5.41) is 0. The van der Waals surface area contributed by atoms with E-state index in [1.54, 1.807) is 12.1 Å². The minimum absolute atomic E-state index is 0.225. The van der Waals surface area contributed by atoms with Gasteiger partial charge in [0.15, 0.2) is 5.78 Å². The third-order valence-corrected chi connectivity index (χ3v) is 4.39. The van der Waals surface area contributed by atoms with Crippen molar-refractivity contribution in [2.75, 3.05) is 32.7 Å². The number of hydrogen-bond donors (Lipinski definition) is 0. The summed E-state index contributed by atoms with van der Waals surface area (Å²) in [6, 6.07) is 6.88. The minimum atomic E-state index is -0.251. The maximum Gasteiger partial charge on any atom is 0.151 e. The Morgan fingerprint density at radius 2 is 2.00 bits per heavy atom. The third-order valence-electron chi connectivity index (χ3n) is 4.39. The summed E-state index contributed by atoms with van der Waals surface area (Å²) in [4.78, 5) is 16.9. The Hall–Kier alpha value is -1.26. The van der Waals surface area contributed by atoms with Crippen LogP contribution in [0.4, 0.5) is 4.39 Å². The molecule has 0 aliphatic carbocycles. The zero-order valence-electron chi connectivity index (χ0n) is 11.7. The largest absolute Gasteiger partial charge is 0.298 e. The molecule has 1 unspecified atom stereocenters. The SMILES string of the molecule is O=C(Cc1ccc(F)cc1)CN1CCN2CCCC2C1. The molecule has 2 fully saturated rings. The molecule has 0 saturated carbocycles. The quantitative estimate of drug-likeness (QED) is 0.836. The molecule has 2 aliphatic rings. The standard InChI is InChI=1S/C16H21FN2O/c17-14-5-3-13(4-6-14)10-16(20)12-18-8-9-19-7-1-2-15(19)11-18/h3-6,15H,1-2,7-12H2. The summed E-state index contributed by atoms with van der Waals surface area (Å²) >= 11 is 0. The molecule has 2 saturated heterocycles. The van der Waals surface area contributed by atoms with Gasteiger partial charge in [-0.2, -0.15) is 0 Å². The lowest BCUT2D eigenvalue weighted by atomic mass is 10.1. The van der Waals surface area contributed by atoms with Crippen LogP contribution in [-0.2, 0) is 11.2 Å². The van der Waals surface area contributed by atoms with Gasteiger partial charge in [-0.15, -0.1) is 0 Å². The molecule has 1 aromatic rings. The van der Waals surface area contributed by atoms with Crippen LogP contribution in [0.25, 0.3) is 0 Å². The number of carbonyl (C=O) groups is 1. The number of carbonyl (C=O) groups excluding carboxylic acids is 1. The molecule has 3 nitrogen and oxygen atoms in total. The molecule has 108 valence electrons. The van der Waals surface area contributed by atoms with Crippen molar-refractivity contribution >= 4 is 5.78 Å². The van der Waals surface area contributed by atoms with Gasteiger partial charge in [0.05, 0.1) is 6.54 Å². The number of Topliss-reactive ketones (excluding diaryl/α,β-unsaturated/α-hetero) is 1. The van der Waals surface area contributed by atoms with Gasteiger partial charge in [0, 0.05) is 32.1 Å². The molecule has 1 aromatic carbocycles. The maximum atomic E-state index is 12.8. The highest BCUT2D eigenvalue weighted by molar-refractivity contribution is 5.82. The second-order valence-corrected chi connectivity index (χ2v) is 5.91. The molecule has 0 bridgehead atoms. The second-order valence-electron chi connectivity index (χ2n) is 5.91. The molecular weight excluding hydrogens is 255 g/mol. The molecule has 2 aliphatic heterocycles. The molecule has 0 aromatic heterocycles. The van der Waals surface area contributed by atoms with Crippen LogP contribution >= 0.6 is 0 Å². The van der Waals surface area contributed by atoms with E-state index in [9.17, 15) is 9.18 Å². The highest BCUT2D eigenvalue weighted by Crippen LogP contribution is 2.21. The van der Waals surface area contributed by atoms with Crippen molar-refractivity contribution in [2.24, 2.45) is 0 Å². The lowest BCUT2D eigenvalue weighted by molar-refractivity contribution is -0.120. The first kappa shape index (κ1) is 13.7. The van der Waals surface area contributed by atoms with Gasteiger partial charge in [0.2, 0.25) is 0 Å². The van der Waals surface area contributed by atoms with Crippen molar-refractivity contribution in [2.45, 2.75) is 25.3 Å².